The Balaban J connectivity index is 4.99. The molecule has 0 rings (SSSR count). The minimum Gasteiger partial charge on any atom is -0.411 e. The molecule has 0 aromatic heterocycles. The van der Waals surface area contributed by atoms with Crippen molar-refractivity contribution in [2.45, 2.75) is 47.5 Å². The average molecular weight is 197 g/mol. The molecule has 0 fully saturated rings. The molecule has 0 saturated carbocycles. The van der Waals surface area contributed by atoms with E-state index >= 15 is 0 Å². The van der Waals surface area contributed by atoms with Crippen molar-refractivity contribution < 1.29 is 5.21 Å². The van der Waals surface area contributed by atoms with Crippen LogP contribution in [0.1, 0.15) is 47.5 Å². The molecular weight excluding hydrogens is 174 g/mol. The zero-order chi connectivity index (χ0) is 11.4. The molecule has 0 spiro atoms. The Morgan fingerprint density at radius 2 is 1.79 bits per heavy atom. The molecule has 0 aromatic rings. The quantitative estimate of drug-likeness (QED) is 0.309. The first-order valence-electron chi connectivity index (χ1n) is 5.30. The molecule has 0 saturated heterocycles. The Labute approximate surface area is 87.7 Å². The first-order chi connectivity index (χ1) is 6.41. The van der Waals surface area contributed by atoms with Crippen LogP contribution in [0.3, 0.4) is 0 Å². The lowest BCUT2D eigenvalue weighted by atomic mass is 9.74. The van der Waals surface area contributed by atoms with Crippen molar-refractivity contribution in [3.05, 3.63) is 12.2 Å². The predicted molar refractivity (Wildman–Crippen MR) is 61.9 cm³/mol. The maximum Gasteiger partial charge on any atom is 0.0697 e. The zero-order valence-electron chi connectivity index (χ0n) is 10.1. The number of rotatable bonds is 5. The Bertz CT molecular complexity index is 224. The van der Waals surface area contributed by atoms with Gasteiger partial charge < -0.3 is 5.21 Å². The highest BCUT2D eigenvalue weighted by atomic mass is 16.4. The third kappa shape index (κ3) is 2.60. The molecular formula is C12H23NO. The van der Waals surface area contributed by atoms with Crippen LogP contribution in [0.5, 0.6) is 0 Å². The van der Waals surface area contributed by atoms with Gasteiger partial charge in [-0.3, -0.25) is 0 Å². The van der Waals surface area contributed by atoms with Crippen molar-refractivity contribution in [2.75, 3.05) is 0 Å². The summed E-state index contributed by atoms with van der Waals surface area (Å²) in [6.07, 6.45) is 2.01. The molecule has 2 heteroatoms. The van der Waals surface area contributed by atoms with Gasteiger partial charge in [0, 0.05) is 11.3 Å². The van der Waals surface area contributed by atoms with Crippen LogP contribution in [0.15, 0.2) is 17.3 Å². The SMILES string of the molecule is C=C(C)C(C)(C)C(=NO)C(CC)CC. The summed E-state index contributed by atoms with van der Waals surface area (Å²) in [6.45, 7) is 14.3. The molecule has 2 nitrogen and oxygen atoms in total. The van der Waals surface area contributed by atoms with Gasteiger partial charge in [0.05, 0.1) is 5.71 Å². The molecule has 0 radical (unpaired) electrons. The zero-order valence-corrected chi connectivity index (χ0v) is 10.1. The summed E-state index contributed by atoms with van der Waals surface area (Å²) in [5, 5.41) is 12.6. The van der Waals surface area contributed by atoms with Crippen molar-refractivity contribution in [3.8, 4) is 0 Å². The van der Waals surface area contributed by atoms with E-state index in [9.17, 15) is 0 Å². The number of hydrogen-bond donors (Lipinski definition) is 1. The highest BCUT2D eigenvalue weighted by Gasteiger charge is 2.30. The fraction of sp³-hybridized carbons (Fsp3) is 0.750. The third-order valence-corrected chi connectivity index (χ3v) is 3.19. The van der Waals surface area contributed by atoms with E-state index in [0.29, 0.717) is 5.92 Å². The van der Waals surface area contributed by atoms with Crippen molar-refractivity contribution >= 4 is 5.71 Å². The fourth-order valence-electron chi connectivity index (χ4n) is 1.61. The van der Waals surface area contributed by atoms with Gasteiger partial charge in [-0.25, -0.2) is 0 Å². The first kappa shape index (κ1) is 13.2. The van der Waals surface area contributed by atoms with E-state index in [0.717, 1.165) is 24.1 Å². The Morgan fingerprint density at radius 1 is 1.36 bits per heavy atom. The van der Waals surface area contributed by atoms with E-state index in [-0.39, 0.29) is 5.41 Å². The summed E-state index contributed by atoms with van der Waals surface area (Å²) in [5.41, 5.74) is 1.69. The van der Waals surface area contributed by atoms with E-state index in [4.69, 9.17) is 5.21 Å². The highest BCUT2D eigenvalue weighted by Crippen LogP contribution is 2.32. The third-order valence-electron chi connectivity index (χ3n) is 3.19. The summed E-state index contributed by atoms with van der Waals surface area (Å²) in [5.74, 6) is 0.353. The Kier molecular flexibility index (Phi) is 4.89. The molecule has 0 atom stereocenters. The van der Waals surface area contributed by atoms with Gasteiger partial charge in [0.15, 0.2) is 0 Å². The topological polar surface area (TPSA) is 32.6 Å². The molecule has 0 bridgehead atoms. The standard InChI is InChI=1S/C12H23NO/c1-7-10(8-2)11(13-14)12(5,6)9(3)4/h10,14H,3,7-8H2,1-2,4-6H3. The largest absolute Gasteiger partial charge is 0.411 e. The Morgan fingerprint density at radius 3 is 2.00 bits per heavy atom. The maximum atomic E-state index is 9.09. The van der Waals surface area contributed by atoms with Crippen LogP contribution < -0.4 is 0 Å². The fourth-order valence-corrected chi connectivity index (χ4v) is 1.61. The second-order valence-corrected chi connectivity index (χ2v) is 4.40. The Hall–Kier alpha value is -0.790. The van der Waals surface area contributed by atoms with E-state index in [1.54, 1.807) is 0 Å². The molecule has 0 unspecified atom stereocenters. The highest BCUT2D eigenvalue weighted by molar-refractivity contribution is 5.93. The van der Waals surface area contributed by atoms with Crippen molar-refractivity contribution in [2.24, 2.45) is 16.5 Å². The summed E-state index contributed by atoms with van der Waals surface area (Å²) in [6, 6.07) is 0. The van der Waals surface area contributed by atoms with Crippen LogP contribution >= 0.6 is 0 Å². The van der Waals surface area contributed by atoms with Crippen LogP contribution in [0.4, 0.5) is 0 Å². The summed E-state index contributed by atoms with van der Waals surface area (Å²) >= 11 is 0. The molecule has 0 aliphatic heterocycles. The minimum atomic E-state index is -0.203. The van der Waals surface area contributed by atoms with E-state index in [2.05, 4.69) is 39.4 Å². The summed E-state index contributed by atoms with van der Waals surface area (Å²) in [7, 11) is 0. The first-order valence-corrected chi connectivity index (χ1v) is 5.30. The van der Waals surface area contributed by atoms with Crippen molar-refractivity contribution in [1.82, 2.24) is 0 Å². The second-order valence-electron chi connectivity index (χ2n) is 4.40. The maximum absolute atomic E-state index is 9.09. The van der Waals surface area contributed by atoms with Gasteiger partial charge >= 0.3 is 0 Å². The average Bonchev–Trinajstić information content (AvgIpc) is 2.13. The van der Waals surface area contributed by atoms with Crippen LogP contribution in [0.2, 0.25) is 0 Å². The minimum absolute atomic E-state index is 0.203. The van der Waals surface area contributed by atoms with Crippen LogP contribution in [0, 0.1) is 11.3 Å². The molecule has 0 aromatic carbocycles. The number of oxime groups is 1. The molecule has 0 aliphatic carbocycles. The van der Waals surface area contributed by atoms with Gasteiger partial charge in [-0.05, 0) is 19.8 Å². The normalized spacial score (nSPS) is 13.4. The molecule has 0 amide bonds. The van der Waals surface area contributed by atoms with E-state index in [1.807, 2.05) is 6.92 Å². The predicted octanol–water partition coefficient (Wildman–Crippen LogP) is 3.86. The van der Waals surface area contributed by atoms with Gasteiger partial charge in [-0.2, -0.15) is 0 Å². The van der Waals surface area contributed by atoms with Crippen LogP contribution in [-0.4, -0.2) is 10.9 Å². The lowest BCUT2D eigenvalue weighted by Crippen LogP contribution is -2.31. The molecule has 82 valence electrons. The molecule has 0 heterocycles. The van der Waals surface area contributed by atoms with Crippen LogP contribution in [0.25, 0.3) is 0 Å². The number of nitrogens with zero attached hydrogens (tertiary/aromatic N) is 1. The lowest BCUT2D eigenvalue weighted by Gasteiger charge is -2.30. The van der Waals surface area contributed by atoms with Crippen molar-refractivity contribution in [1.29, 1.82) is 0 Å². The molecule has 1 N–H and O–H groups in total. The number of hydrogen-bond acceptors (Lipinski definition) is 2. The second kappa shape index (κ2) is 5.18. The van der Waals surface area contributed by atoms with Gasteiger partial charge in [-0.1, -0.05) is 45.0 Å². The van der Waals surface area contributed by atoms with Gasteiger partial charge in [0.25, 0.3) is 0 Å². The van der Waals surface area contributed by atoms with Gasteiger partial charge in [0.1, 0.15) is 0 Å². The molecule has 0 aliphatic rings. The monoisotopic (exact) mass is 197 g/mol. The van der Waals surface area contributed by atoms with Crippen molar-refractivity contribution in [3.63, 3.8) is 0 Å². The summed E-state index contributed by atoms with van der Waals surface area (Å²) in [4.78, 5) is 0. The van der Waals surface area contributed by atoms with Gasteiger partial charge in [-0.15, -0.1) is 0 Å². The summed E-state index contributed by atoms with van der Waals surface area (Å²) < 4.78 is 0. The molecule has 14 heavy (non-hydrogen) atoms. The number of allylic oxidation sites excluding steroid dienone is 1. The van der Waals surface area contributed by atoms with Gasteiger partial charge in [0.2, 0.25) is 0 Å². The van der Waals surface area contributed by atoms with E-state index < -0.39 is 0 Å². The smallest absolute Gasteiger partial charge is 0.0697 e. The van der Waals surface area contributed by atoms with E-state index in [1.165, 1.54) is 0 Å². The van der Waals surface area contributed by atoms with Crippen LogP contribution in [-0.2, 0) is 0 Å². The lowest BCUT2D eigenvalue weighted by molar-refractivity contribution is 0.304.